The summed E-state index contributed by atoms with van der Waals surface area (Å²) < 4.78 is 18.6. The van der Waals surface area contributed by atoms with Gasteiger partial charge in [-0.1, -0.05) is 0 Å². The van der Waals surface area contributed by atoms with Crippen molar-refractivity contribution in [1.29, 1.82) is 0 Å². The number of hydrogen-bond acceptors (Lipinski definition) is 4. The Bertz CT molecular complexity index is 579. The van der Waals surface area contributed by atoms with E-state index in [1.54, 1.807) is 31.1 Å². The van der Waals surface area contributed by atoms with Crippen LogP contribution in [0.3, 0.4) is 0 Å². The molecule has 25 heavy (non-hydrogen) atoms. The van der Waals surface area contributed by atoms with Crippen molar-refractivity contribution < 1.29 is 13.9 Å². The van der Waals surface area contributed by atoms with Crippen LogP contribution in [0.15, 0.2) is 23.3 Å². The first kappa shape index (κ1) is 21.4. The molecule has 1 fully saturated rings. The lowest BCUT2D eigenvalue weighted by atomic mass is 10.1. The van der Waals surface area contributed by atoms with Gasteiger partial charge >= 0.3 is 6.09 Å². The maximum Gasteiger partial charge on any atom is 0.409 e. The van der Waals surface area contributed by atoms with Crippen LogP contribution in [0.4, 0.5) is 9.18 Å². The van der Waals surface area contributed by atoms with Crippen LogP contribution < -0.4 is 10.6 Å². The van der Waals surface area contributed by atoms with Gasteiger partial charge in [-0.15, -0.1) is 24.0 Å². The molecular weight excluding hydrogens is 440 g/mol. The number of aromatic nitrogens is 1. The van der Waals surface area contributed by atoms with Gasteiger partial charge in [-0.25, -0.2) is 9.18 Å². The highest BCUT2D eigenvalue weighted by Crippen LogP contribution is 2.11. The largest absolute Gasteiger partial charge is 0.450 e. The van der Waals surface area contributed by atoms with Gasteiger partial charge in [-0.2, -0.15) is 0 Å². The van der Waals surface area contributed by atoms with E-state index in [0.717, 1.165) is 12.8 Å². The Morgan fingerprint density at radius 3 is 2.80 bits per heavy atom. The fraction of sp³-hybridized carbons (Fsp3) is 0.562. The molecule has 0 unspecified atom stereocenters. The van der Waals surface area contributed by atoms with E-state index in [0.29, 0.717) is 31.3 Å². The normalized spacial score (nSPS) is 15.3. The standard InChI is InChI=1S/C16H24FN5O2.HI/c1-3-24-16(23)22-9-6-12(7-10-22)21-15(18-2)20-11-14-13(17)5-4-8-19-14;/h4-5,8,12H,3,6-7,9-11H2,1-2H3,(H2,18,20,21);1H. The molecule has 2 rings (SSSR count). The Hall–Kier alpha value is -1.65. The monoisotopic (exact) mass is 465 g/mol. The lowest BCUT2D eigenvalue weighted by Crippen LogP contribution is -2.49. The highest BCUT2D eigenvalue weighted by atomic mass is 127. The van der Waals surface area contributed by atoms with E-state index in [-0.39, 0.29) is 48.5 Å². The quantitative estimate of drug-likeness (QED) is 0.405. The number of likely N-dealkylation sites (tertiary alicyclic amines) is 1. The van der Waals surface area contributed by atoms with Crippen molar-refractivity contribution in [3.05, 3.63) is 29.8 Å². The number of hydrogen-bond donors (Lipinski definition) is 2. The smallest absolute Gasteiger partial charge is 0.409 e. The van der Waals surface area contributed by atoms with E-state index >= 15 is 0 Å². The van der Waals surface area contributed by atoms with E-state index < -0.39 is 0 Å². The summed E-state index contributed by atoms with van der Waals surface area (Å²) in [6.45, 7) is 3.72. The summed E-state index contributed by atoms with van der Waals surface area (Å²) in [5.74, 6) is 0.248. The highest BCUT2D eigenvalue weighted by molar-refractivity contribution is 14.0. The molecule has 2 heterocycles. The molecule has 1 aromatic heterocycles. The van der Waals surface area contributed by atoms with Crippen LogP contribution in [0.2, 0.25) is 0 Å². The molecule has 0 aliphatic carbocycles. The van der Waals surface area contributed by atoms with Crippen LogP contribution in [0.1, 0.15) is 25.5 Å². The van der Waals surface area contributed by atoms with Crippen LogP contribution >= 0.6 is 24.0 Å². The maximum atomic E-state index is 13.6. The average Bonchev–Trinajstić information content (AvgIpc) is 2.60. The van der Waals surface area contributed by atoms with Gasteiger partial charge in [0.05, 0.1) is 18.8 Å². The summed E-state index contributed by atoms with van der Waals surface area (Å²) in [6.07, 6.45) is 2.90. The zero-order chi connectivity index (χ0) is 17.4. The molecule has 0 spiro atoms. The second-order valence-corrected chi connectivity index (χ2v) is 5.46. The third kappa shape index (κ3) is 6.63. The summed E-state index contributed by atoms with van der Waals surface area (Å²) in [5.41, 5.74) is 0.345. The molecule has 9 heteroatoms. The Kier molecular flexibility index (Phi) is 9.46. The molecular formula is C16H25FIN5O2. The van der Waals surface area contributed by atoms with Crippen molar-refractivity contribution >= 4 is 36.0 Å². The second-order valence-electron chi connectivity index (χ2n) is 5.46. The van der Waals surface area contributed by atoms with Crippen LogP contribution in [0.25, 0.3) is 0 Å². The Labute approximate surface area is 164 Å². The molecule has 0 atom stereocenters. The summed E-state index contributed by atoms with van der Waals surface area (Å²) in [6, 6.07) is 3.14. The average molecular weight is 465 g/mol. The minimum absolute atomic E-state index is 0. The topological polar surface area (TPSA) is 78.8 Å². The summed E-state index contributed by atoms with van der Waals surface area (Å²) >= 11 is 0. The second kappa shape index (κ2) is 11.1. The fourth-order valence-corrected chi connectivity index (χ4v) is 2.53. The number of ether oxygens (including phenoxy) is 1. The lowest BCUT2D eigenvalue weighted by molar-refractivity contribution is 0.0963. The van der Waals surface area contributed by atoms with Crippen molar-refractivity contribution in [1.82, 2.24) is 20.5 Å². The molecule has 0 bridgehead atoms. The third-order valence-corrected chi connectivity index (χ3v) is 3.84. The van der Waals surface area contributed by atoms with Crippen LogP contribution in [0.5, 0.6) is 0 Å². The number of aliphatic imine (C=N–C) groups is 1. The van der Waals surface area contributed by atoms with E-state index in [2.05, 4.69) is 20.6 Å². The molecule has 0 aromatic carbocycles. The molecule has 1 aliphatic rings. The zero-order valence-corrected chi connectivity index (χ0v) is 16.8. The first-order chi connectivity index (χ1) is 11.6. The number of amides is 1. The fourth-order valence-electron chi connectivity index (χ4n) is 2.53. The summed E-state index contributed by atoms with van der Waals surface area (Å²) in [7, 11) is 1.66. The molecule has 1 amide bonds. The lowest BCUT2D eigenvalue weighted by Gasteiger charge is -2.32. The van der Waals surface area contributed by atoms with Crippen molar-refractivity contribution in [2.24, 2.45) is 4.99 Å². The number of pyridine rings is 1. The summed E-state index contributed by atoms with van der Waals surface area (Å²) in [4.78, 5) is 21.5. The maximum absolute atomic E-state index is 13.6. The number of carbonyl (C=O) groups excluding carboxylic acids is 1. The van der Waals surface area contributed by atoms with Crippen molar-refractivity contribution in [2.75, 3.05) is 26.7 Å². The number of carbonyl (C=O) groups is 1. The first-order valence-corrected chi connectivity index (χ1v) is 8.12. The van der Waals surface area contributed by atoms with Gasteiger partial charge in [0.15, 0.2) is 5.96 Å². The third-order valence-electron chi connectivity index (χ3n) is 3.84. The molecule has 0 radical (unpaired) electrons. The number of nitrogens with one attached hydrogen (secondary N) is 2. The van der Waals surface area contributed by atoms with Gasteiger partial charge in [-0.05, 0) is 31.9 Å². The van der Waals surface area contributed by atoms with Gasteiger partial charge in [0.1, 0.15) is 5.82 Å². The highest BCUT2D eigenvalue weighted by Gasteiger charge is 2.24. The van der Waals surface area contributed by atoms with Crippen molar-refractivity contribution in [3.63, 3.8) is 0 Å². The number of piperidine rings is 1. The van der Waals surface area contributed by atoms with Crippen molar-refractivity contribution in [2.45, 2.75) is 32.4 Å². The van der Waals surface area contributed by atoms with Crippen LogP contribution in [-0.4, -0.2) is 54.7 Å². The molecule has 7 nitrogen and oxygen atoms in total. The van der Waals surface area contributed by atoms with Gasteiger partial charge < -0.3 is 20.3 Å². The Morgan fingerprint density at radius 1 is 1.48 bits per heavy atom. The van der Waals surface area contributed by atoms with E-state index in [9.17, 15) is 9.18 Å². The van der Waals surface area contributed by atoms with Gasteiger partial charge in [-0.3, -0.25) is 9.98 Å². The molecule has 1 saturated heterocycles. The molecule has 140 valence electrons. The molecule has 1 aliphatic heterocycles. The van der Waals surface area contributed by atoms with E-state index in [1.165, 1.54) is 6.07 Å². The van der Waals surface area contributed by atoms with Crippen molar-refractivity contribution in [3.8, 4) is 0 Å². The number of halogens is 2. The number of nitrogens with zero attached hydrogens (tertiary/aromatic N) is 3. The number of rotatable bonds is 4. The van der Waals surface area contributed by atoms with Gasteiger partial charge in [0, 0.05) is 32.4 Å². The Morgan fingerprint density at radius 2 is 2.20 bits per heavy atom. The zero-order valence-electron chi connectivity index (χ0n) is 14.5. The van der Waals surface area contributed by atoms with Gasteiger partial charge in [0.25, 0.3) is 0 Å². The minimum atomic E-state index is -0.344. The van der Waals surface area contributed by atoms with Gasteiger partial charge in [0.2, 0.25) is 0 Å². The SMILES string of the molecule is CCOC(=O)N1CCC(NC(=NC)NCc2ncccc2F)CC1.I. The van der Waals surface area contributed by atoms with E-state index in [1.807, 2.05) is 0 Å². The molecule has 2 N–H and O–H groups in total. The van der Waals surface area contributed by atoms with Crippen LogP contribution in [-0.2, 0) is 11.3 Å². The van der Waals surface area contributed by atoms with Crippen LogP contribution in [0, 0.1) is 5.82 Å². The summed E-state index contributed by atoms with van der Waals surface area (Å²) in [5, 5.41) is 6.36. The predicted octanol–water partition coefficient (Wildman–Crippen LogP) is 2.12. The predicted molar refractivity (Wildman–Crippen MR) is 105 cm³/mol. The first-order valence-electron chi connectivity index (χ1n) is 8.12. The minimum Gasteiger partial charge on any atom is -0.450 e. The molecule has 1 aromatic rings. The van der Waals surface area contributed by atoms with E-state index in [4.69, 9.17) is 4.74 Å². The Balaban J connectivity index is 0.00000312. The molecule has 0 saturated carbocycles. The number of guanidine groups is 1.